The maximum Gasteiger partial charge on any atom is 0.466 e. The summed E-state index contributed by atoms with van der Waals surface area (Å²) < 4.78 is 46.8. The minimum absolute atomic E-state index is 0.0803. The van der Waals surface area contributed by atoms with Crippen molar-refractivity contribution in [2.24, 2.45) is 0 Å². The molecule has 0 saturated carbocycles. The number of hydrogen-bond acceptors (Lipinski definition) is 12. The molecule has 0 fully saturated rings. The number of carbonyl (C=O) groups excluding carboxylic acids is 3. The summed E-state index contributed by atoms with van der Waals surface area (Å²) in [5.41, 5.74) is 2.23. The summed E-state index contributed by atoms with van der Waals surface area (Å²) in [6.45, 7) is 5.39. The van der Waals surface area contributed by atoms with Crippen LogP contribution in [0, 0.1) is 26.6 Å². The van der Waals surface area contributed by atoms with Gasteiger partial charge < -0.3 is 45.3 Å². The predicted octanol–water partition coefficient (Wildman–Crippen LogP) is 6.07. The molecule has 63 heavy (non-hydrogen) atoms. The molecule has 9 N–H and O–H groups in total. The molecule has 0 unspecified atom stereocenters. The molecule has 3 aromatic heterocycles. The molecular formula is C30H27Br3Cl2FN12O12P3. The van der Waals surface area contributed by atoms with Crippen LogP contribution in [0.1, 0.15) is 48.2 Å². The number of nitrogens with zero attached hydrogens (tertiary/aromatic N) is 9. The van der Waals surface area contributed by atoms with E-state index in [1.54, 1.807) is 49.4 Å². The molecule has 0 saturated heterocycles. The topological polar surface area (TPSA) is 352 Å². The lowest BCUT2D eigenvalue weighted by molar-refractivity contribution is 0.101. The second kappa shape index (κ2) is 20.8. The molecule has 3 heterocycles. The van der Waals surface area contributed by atoms with Crippen LogP contribution in [0.25, 0.3) is 0 Å². The molecule has 24 nitrogen and oxygen atoms in total. The summed E-state index contributed by atoms with van der Waals surface area (Å²) >= 11 is 20.7. The van der Waals surface area contributed by atoms with Gasteiger partial charge in [0, 0.05) is 0 Å². The predicted molar refractivity (Wildman–Crippen MR) is 233 cm³/mol. The average molecular weight is 1170 g/mol. The number of amides is 3. The van der Waals surface area contributed by atoms with Crippen molar-refractivity contribution in [2.75, 3.05) is 16.0 Å². The Morgan fingerprint density at radius 1 is 0.524 bits per heavy atom. The molecule has 3 aromatic carbocycles. The number of anilines is 3. The number of aromatic nitrogens is 9. The van der Waals surface area contributed by atoms with Gasteiger partial charge in [-0.05, 0) is 122 Å². The molecule has 0 bridgehead atoms. The van der Waals surface area contributed by atoms with Crippen LogP contribution in [0.4, 0.5) is 21.5 Å². The molecule has 0 spiro atoms. The quantitative estimate of drug-likeness (QED) is 0.0741. The fourth-order valence-corrected chi connectivity index (χ4v) is 7.71. The van der Waals surface area contributed by atoms with E-state index in [9.17, 15) is 32.5 Å². The van der Waals surface area contributed by atoms with Crippen LogP contribution in [0.3, 0.4) is 0 Å². The Kier molecular flexibility index (Phi) is 17.0. The van der Waals surface area contributed by atoms with E-state index in [4.69, 9.17) is 52.6 Å². The Morgan fingerprint density at radius 3 is 1.05 bits per heavy atom. The van der Waals surface area contributed by atoms with E-state index in [0.29, 0.717) is 27.0 Å². The minimum atomic E-state index is -4.75. The molecule has 33 heteroatoms. The third-order valence-electron chi connectivity index (χ3n) is 7.15. The molecule has 6 rings (SSSR count). The van der Waals surface area contributed by atoms with Crippen molar-refractivity contribution in [2.45, 2.75) is 20.8 Å². The summed E-state index contributed by atoms with van der Waals surface area (Å²) in [5.74, 6) is -2.90. The first kappa shape index (κ1) is 51.5. The standard InChI is InChI=1S/2C10H9BrClN4O4P.C10H9BrFN4O4P/c3*1-5-2-3-7(6(12)4-5)13-10(17)8-9(11)15-16(14-8)21(18,19)20/h3*2-4H,1H3,(H,13,17)(H2,18,19,20). The zero-order valence-corrected chi connectivity index (χ0v) is 40.4. The Bertz CT molecular complexity index is 2590. The second-order valence-corrected chi connectivity index (χ2v) is 19.4. The lowest BCUT2D eigenvalue weighted by atomic mass is 10.2. The van der Waals surface area contributed by atoms with E-state index in [-0.39, 0.29) is 50.3 Å². The van der Waals surface area contributed by atoms with Gasteiger partial charge in [-0.15, -0.1) is 30.6 Å². The summed E-state index contributed by atoms with van der Waals surface area (Å²) in [4.78, 5) is 89.6. The molecule has 0 aliphatic rings. The fourth-order valence-electron chi connectivity index (χ4n) is 4.31. The van der Waals surface area contributed by atoms with E-state index in [2.05, 4.69) is 94.3 Å². The molecule has 0 aliphatic heterocycles. The van der Waals surface area contributed by atoms with E-state index in [1.807, 2.05) is 13.8 Å². The molecule has 0 radical (unpaired) electrons. The average Bonchev–Trinajstić information content (AvgIpc) is 3.88. The van der Waals surface area contributed by atoms with E-state index in [0.717, 1.165) is 11.1 Å². The Hall–Kier alpha value is -4.11. The van der Waals surface area contributed by atoms with Crippen LogP contribution in [0.2, 0.25) is 10.0 Å². The van der Waals surface area contributed by atoms with Crippen molar-refractivity contribution in [3.63, 3.8) is 0 Å². The van der Waals surface area contributed by atoms with Crippen molar-refractivity contribution in [3.05, 3.63) is 118 Å². The van der Waals surface area contributed by atoms with Crippen LogP contribution >= 0.6 is 94.2 Å². The summed E-state index contributed by atoms with van der Waals surface area (Å²) in [7, 11) is -14.2. The summed E-state index contributed by atoms with van der Waals surface area (Å²) in [6.07, 6.45) is 0. The van der Waals surface area contributed by atoms with Gasteiger partial charge in [0.1, 0.15) is 5.82 Å². The van der Waals surface area contributed by atoms with Crippen molar-refractivity contribution in [1.29, 1.82) is 0 Å². The Balaban J connectivity index is 0.000000207. The van der Waals surface area contributed by atoms with Crippen LogP contribution in [0.15, 0.2) is 68.4 Å². The van der Waals surface area contributed by atoms with E-state index in [1.165, 1.54) is 12.1 Å². The van der Waals surface area contributed by atoms with Gasteiger partial charge in [0.15, 0.2) is 30.9 Å². The van der Waals surface area contributed by atoms with Gasteiger partial charge in [0.25, 0.3) is 17.7 Å². The Labute approximate surface area is 387 Å². The van der Waals surface area contributed by atoms with Crippen molar-refractivity contribution in [3.8, 4) is 0 Å². The van der Waals surface area contributed by atoms with Gasteiger partial charge in [-0.2, -0.15) is 0 Å². The largest absolute Gasteiger partial charge is 0.466 e. The minimum Gasteiger partial charge on any atom is -0.319 e. The Morgan fingerprint density at radius 2 is 0.794 bits per heavy atom. The summed E-state index contributed by atoms with van der Waals surface area (Å²) in [6, 6.07) is 14.2. The number of aryl methyl sites for hydroxylation is 3. The van der Waals surface area contributed by atoms with Crippen LogP contribution < -0.4 is 16.0 Å². The third kappa shape index (κ3) is 14.2. The molecule has 6 aromatic rings. The van der Waals surface area contributed by atoms with Crippen LogP contribution in [0.5, 0.6) is 0 Å². The number of hydrogen-bond donors (Lipinski definition) is 9. The van der Waals surface area contributed by atoms with Gasteiger partial charge in [-0.3, -0.25) is 14.4 Å². The number of rotatable bonds is 9. The molecular weight excluding hydrogens is 1140 g/mol. The number of halogens is 6. The first-order valence-corrected chi connectivity index (χ1v) is 24.2. The van der Waals surface area contributed by atoms with Crippen LogP contribution in [-0.2, 0) is 13.7 Å². The summed E-state index contributed by atoms with van der Waals surface area (Å²) in [5, 5.41) is 28.5. The van der Waals surface area contributed by atoms with Crippen molar-refractivity contribution >= 4 is 129 Å². The SMILES string of the molecule is Cc1ccc(NC(=O)c2nn(P(=O)(O)O)nc2Br)c(Cl)c1.Cc1ccc(NC(=O)c2nn(P(=O)(O)O)nc2Br)c(Cl)c1.Cc1ccc(NC(=O)c2nn(P(=O)(O)O)nc2Br)c(F)c1. The lowest BCUT2D eigenvalue weighted by Crippen LogP contribution is -2.14. The van der Waals surface area contributed by atoms with Crippen molar-refractivity contribution in [1.82, 2.24) is 44.3 Å². The van der Waals surface area contributed by atoms with E-state index >= 15 is 0 Å². The van der Waals surface area contributed by atoms with E-state index < -0.39 is 46.8 Å². The maximum atomic E-state index is 13.6. The van der Waals surface area contributed by atoms with Gasteiger partial charge in [0.05, 0.1) is 27.1 Å². The first-order valence-electron chi connectivity index (χ1n) is 16.3. The van der Waals surface area contributed by atoms with Gasteiger partial charge >= 0.3 is 23.2 Å². The number of nitrogens with one attached hydrogen (secondary N) is 3. The maximum absolute atomic E-state index is 13.6. The zero-order valence-electron chi connectivity index (χ0n) is 31.5. The van der Waals surface area contributed by atoms with Crippen molar-refractivity contribution < 1.29 is 61.8 Å². The van der Waals surface area contributed by atoms with Gasteiger partial charge in [-0.25, -0.2) is 18.1 Å². The monoisotopic (exact) mass is 1170 g/mol. The molecule has 0 atom stereocenters. The highest BCUT2D eigenvalue weighted by atomic mass is 79.9. The van der Waals surface area contributed by atoms with Gasteiger partial charge in [-0.1, -0.05) is 55.1 Å². The highest BCUT2D eigenvalue weighted by molar-refractivity contribution is 9.11. The lowest BCUT2D eigenvalue weighted by Gasteiger charge is -2.06. The highest BCUT2D eigenvalue weighted by Gasteiger charge is 2.28. The van der Waals surface area contributed by atoms with Gasteiger partial charge in [0.2, 0.25) is 0 Å². The van der Waals surface area contributed by atoms with Crippen LogP contribution in [-0.4, -0.2) is 91.4 Å². The molecule has 0 aliphatic carbocycles. The fraction of sp³-hybridized carbons (Fsp3) is 0.100. The highest BCUT2D eigenvalue weighted by Crippen LogP contribution is 2.37. The second-order valence-electron chi connectivity index (χ2n) is 12.2. The third-order valence-corrected chi connectivity index (χ3v) is 11.3. The normalized spacial score (nSPS) is 11.5. The zero-order chi connectivity index (χ0) is 47.4. The smallest absolute Gasteiger partial charge is 0.319 e. The number of benzene rings is 3. The number of carbonyl (C=O) groups is 3. The molecule has 336 valence electrons. The molecule has 3 amide bonds. The first-order chi connectivity index (χ1) is 29.0.